The predicted octanol–water partition coefficient (Wildman–Crippen LogP) is -1.11. The monoisotopic (exact) mass is 296 g/mol. The third-order valence-electron chi connectivity index (χ3n) is 1.88. The molecule has 0 aliphatic heterocycles. The van der Waals surface area contributed by atoms with Crippen LogP contribution in [0, 0.1) is 6.55 Å². The van der Waals surface area contributed by atoms with E-state index in [1.807, 2.05) is 18.2 Å². The Hall–Kier alpha value is 0.643. The first-order valence-corrected chi connectivity index (χ1v) is 7.22. The van der Waals surface area contributed by atoms with Gasteiger partial charge in [-0.1, -0.05) is 42.1 Å². The summed E-state index contributed by atoms with van der Waals surface area (Å²) in [5, 5.41) is 1.25. The molecule has 1 aromatic carbocycles. The zero-order chi connectivity index (χ0) is 9.90. The average Bonchev–Trinajstić information content (AvgIpc) is 2.04. The second-order valence-corrected chi connectivity index (χ2v) is 7.04. The van der Waals surface area contributed by atoms with Gasteiger partial charge in [0, 0.05) is 6.10 Å². The Morgan fingerprint density at radius 3 is 2.07 bits per heavy atom. The van der Waals surface area contributed by atoms with E-state index in [2.05, 4.69) is 39.1 Å². The molecule has 1 nitrogen and oxygen atoms in total. The molecular formula is C11H17BrMgOSi. The summed E-state index contributed by atoms with van der Waals surface area (Å²) >= 11 is 0. The van der Waals surface area contributed by atoms with Crippen LogP contribution in [0.5, 0.6) is 0 Å². The molecule has 0 N–H and O–H groups in total. The molecule has 1 rings (SSSR count). The molecule has 0 spiro atoms. The summed E-state index contributed by atoms with van der Waals surface area (Å²) in [7, 11) is -1.89. The van der Waals surface area contributed by atoms with Crippen molar-refractivity contribution in [2.45, 2.75) is 26.5 Å². The molecule has 1 atom stereocenters. The van der Waals surface area contributed by atoms with Crippen molar-refractivity contribution in [3.05, 3.63) is 36.9 Å². The van der Waals surface area contributed by atoms with Gasteiger partial charge in [0.25, 0.3) is 0 Å². The molecule has 0 saturated heterocycles. The zero-order valence-electron chi connectivity index (χ0n) is 9.66. The maximum Gasteiger partial charge on any atom is 2.00 e. The summed E-state index contributed by atoms with van der Waals surface area (Å²) in [4.78, 5) is 0. The summed E-state index contributed by atoms with van der Waals surface area (Å²) in [6.07, 6.45) is 0.259. The first-order chi connectivity index (χ1) is 6.02. The topological polar surface area (TPSA) is 9.23 Å². The Labute approximate surface area is 121 Å². The standard InChI is InChI=1S/C11H17OSi.BrH.Mg/c1-10(2)12-13(3,4)11-8-6-5-7-9-11;;/h5-10H,3H2,1-2,4H3;1H;/q-1;;+2/p-1. The van der Waals surface area contributed by atoms with Gasteiger partial charge >= 0.3 is 23.1 Å². The Morgan fingerprint density at radius 2 is 1.67 bits per heavy atom. The van der Waals surface area contributed by atoms with Gasteiger partial charge < -0.3 is 28.0 Å². The maximum absolute atomic E-state index is 5.85. The van der Waals surface area contributed by atoms with Gasteiger partial charge in [0.05, 0.1) is 8.32 Å². The first kappa shape index (κ1) is 18.0. The predicted molar refractivity (Wildman–Crippen MR) is 65.0 cm³/mol. The Kier molecular flexibility index (Phi) is 9.42. The quantitative estimate of drug-likeness (QED) is 0.508. The van der Waals surface area contributed by atoms with E-state index in [0.717, 1.165) is 0 Å². The molecule has 0 bridgehead atoms. The second kappa shape index (κ2) is 7.84. The van der Waals surface area contributed by atoms with Crippen LogP contribution in [-0.2, 0) is 4.43 Å². The normalized spacial score (nSPS) is 13.7. The number of benzene rings is 1. The maximum atomic E-state index is 5.85. The second-order valence-electron chi connectivity index (χ2n) is 3.76. The fourth-order valence-corrected chi connectivity index (χ4v) is 3.45. The van der Waals surface area contributed by atoms with E-state index in [1.54, 1.807) is 0 Å². The van der Waals surface area contributed by atoms with Crippen molar-refractivity contribution in [1.82, 2.24) is 0 Å². The molecule has 4 heteroatoms. The molecule has 15 heavy (non-hydrogen) atoms. The summed E-state index contributed by atoms with van der Waals surface area (Å²) in [6, 6.07) is 10.3. The van der Waals surface area contributed by atoms with Gasteiger partial charge in [0.1, 0.15) is 0 Å². The van der Waals surface area contributed by atoms with Crippen LogP contribution in [0.4, 0.5) is 0 Å². The van der Waals surface area contributed by atoms with Crippen LogP contribution in [0.15, 0.2) is 30.3 Å². The van der Waals surface area contributed by atoms with E-state index in [0.29, 0.717) is 0 Å². The summed E-state index contributed by atoms with van der Waals surface area (Å²) in [5.74, 6) is 0. The largest absolute Gasteiger partial charge is 2.00 e. The molecule has 1 unspecified atom stereocenters. The van der Waals surface area contributed by atoms with Gasteiger partial charge in [-0.25, -0.2) is 0 Å². The number of rotatable bonds is 3. The minimum Gasteiger partial charge on any atom is -1.00 e. The van der Waals surface area contributed by atoms with Crippen LogP contribution in [0.25, 0.3) is 0 Å². The summed E-state index contributed by atoms with van der Waals surface area (Å²) < 4.78 is 5.85. The fourth-order valence-electron chi connectivity index (χ4n) is 1.38. The van der Waals surface area contributed by atoms with Crippen molar-refractivity contribution in [3.8, 4) is 0 Å². The fraction of sp³-hybridized carbons (Fsp3) is 0.364. The molecular weight excluding hydrogens is 280 g/mol. The molecule has 0 fully saturated rings. The third kappa shape index (κ3) is 6.07. The van der Waals surface area contributed by atoms with E-state index in [-0.39, 0.29) is 46.1 Å². The third-order valence-corrected chi connectivity index (χ3v) is 4.43. The number of halogens is 1. The molecule has 0 radical (unpaired) electrons. The van der Waals surface area contributed by atoms with Crippen LogP contribution >= 0.6 is 0 Å². The number of hydrogen-bond acceptors (Lipinski definition) is 1. The van der Waals surface area contributed by atoms with Crippen LogP contribution in [0.2, 0.25) is 6.55 Å². The molecule has 0 heterocycles. The van der Waals surface area contributed by atoms with Crippen LogP contribution in [0.1, 0.15) is 13.8 Å². The van der Waals surface area contributed by atoms with Gasteiger partial charge in [0.15, 0.2) is 0 Å². The summed E-state index contributed by atoms with van der Waals surface area (Å²) in [6.45, 7) is 10.4. The van der Waals surface area contributed by atoms with Crippen molar-refractivity contribution in [2.75, 3.05) is 0 Å². The van der Waals surface area contributed by atoms with Gasteiger partial charge in [-0.2, -0.15) is 0 Å². The molecule has 0 aromatic heterocycles. The Morgan fingerprint density at radius 1 is 1.20 bits per heavy atom. The summed E-state index contributed by atoms with van der Waals surface area (Å²) in [5.41, 5.74) is 0. The van der Waals surface area contributed by atoms with Gasteiger partial charge in [-0.15, -0.1) is 0 Å². The van der Waals surface area contributed by atoms with E-state index in [4.69, 9.17) is 4.43 Å². The van der Waals surface area contributed by atoms with Gasteiger partial charge in [-0.3, -0.25) is 0 Å². The Balaban J connectivity index is 0. The molecule has 0 amide bonds. The van der Waals surface area contributed by atoms with Crippen molar-refractivity contribution in [2.24, 2.45) is 0 Å². The smallest absolute Gasteiger partial charge is 1.00 e. The molecule has 0 aliphatic carbocycles. The molecule has 0 saturated carbocycles. The van der Waals surface area contributed by atoms with Gasteiger partial charge in [0.2, 0.25) is 0 Å². The zero-order valence-corrected chi connectivity index (χ0v) is 13.7. The van der Waals surface area contributed by atoms with E-state index in [9.17, 15) is 0 Å². The number of hydrogen-bond donors (Lipinski definition) is 0. The minimum atomic E-state index is -1.89. The van der Waals surface area contributed by atoms with E-state index < -0.39 is 8.32 Å². The Bertz CT molecular complexity index is 265. The SMILES string of the molecule is [Br-].[CH2-][Si](C)(OC(C)C)c1ccccc1.[Mg+2]. The van der Waals surface area contributed by atoms with E-state index in [1.165, 1.54) is 5.19 Å². The van der Waals surface area contributed by atoms with Crippen molar-refractivity contribution in [3.63, 3.8) is 0 Å². The molecule has 1 aromatic rings. The average molecular weight is 298 g/mol. The van der Waals surface area contributed by atoms with Crippen LogP contribution in [-0.4, -0.2) is 37.5 Å². The van der Waals surface area contributed by atoms with E-state index >= 15 is 0 Å². The van der Waals surface area contributed by atoms with Crippen molar-refractivity contribution in [1.29, 1.82) is 0 Å². The van der Waals surface area contributed by atoms with Crippen molar-refractivity contribution < 1.29 is 21.4 Å². The minimum absolute atomic E-state index is 0. The van der Waals surface area contributed by atoms with Crippen LogP contribution < -0.4 is 22.2 Å². The van der Waals surface area contributed by atoms with Gasteiger partial charge in [-0.05, 0) is 13.8 Å². The van der Waals surface area contributed by atoms with Crippen molar-refractivity contribution >= 4 is 36.6 Å². The molecule has 0 aliphatic rings. The first-order valence-electron chi connectivity index (χ1n) is 4.61. The van der Waals surface area contributed by atoms with Crippen LogP contribution in [0.3, 0.4) is 0 Å². The molecule has 80 valence electrons.